The molecule has 5 nitrogen and oxygen atoms in total. The van der Waals surface area contributed by atoms with E-state index in [0.717, 1.165) is 30.1 Å². The number of anilines is 1. The summed E-state index contributed by atoms with van der Waals surface area (Å²) in [5, 5.41) is 0.671. The van der Waals surface area contributed by atoms with E-state index >= 15 is 0 Å². The molecule has 0 bridgehead atoms. The van der Waals surface area contributed by atoms with Gasteiger partial charge in [0.05, 0.1) is 7.11 Å². The van der Waals surface area contributed by atoms with E-state index in [1.807, 2.05) is 59.5 Å². The highest BCUT2D eigenvalue weighted by Gasteiger charge is 2.22. The maximum Gasteiger partial charge on any atom is 0.254 e. The first kappa shape index (κ1) is 21.1. The number of hydrogen-bond acceptors (Lipinski definition) is 4. The molecule has 3 aromatic carbocycles. The molecular weight excluding hydrogens is 412 g/mol. The van der Waals surface area contributed by atoms with Crippen molar-refractivity contribution in [2.75, 3.05) is 38.2 Å². The van der Waals surface area contributed by atoms with Crippen LogP contribution in [0.4, 0.5) is 5.69 Å². The molecule has 0 unspecified atom stereocenters. The minimum Gasteiger partial charge on any atom is -0.497 e. The molecule has 0 radical (unpaired) electrons. The summed E-state index contributed by atoms with van der Waals surface area (Å²) < 4.78 is 11.1. The molecule has 160 valence electrons. The topological polar surface area (TPSA) is 42.0 Å². The summed E-state index contributed by atoms with van der Waals surface area (Å²) in [6.45, 7) is 3.30. The van der Waals surface area contributed by atoms with Crippen LogP contribution < -0.4 is 14.4 Å². The summed E-state index contributed by atoms with van der Waals surface area (Å²) in [5.41, 5.74) is 2.69. The van der Waals surface area contributed by atoms with Crippen LogP contribution in [0.1, 0.15) is 15.9 Å². The molecule has 0 spiro atoms. The molecule has 1 amide bonds. The first-order valence-electron chi connectivity index (χ1n) is 10.3. The first-order valence-corrected chi connectivity index (χ1v) is 10.7. The zero-order valence-corrected chi connectivity index (χ0v) is 18.2. The molecule has 1 saturated heterocycles. The van der Waals surface area contributed by atoms with Gasteiger partial charge in [-0.05, 0) is 48.5 Å². The summed E-state index contributed by atoms with van der Waals surface area (Å²) in [7, 11) is 1.66. The van der Waals surface area contributed by atoms with Crippen LogP contribution in [0.15, 0.2) is 72.8 Å². The lowest BCUT2D eigenvalue weighted by Gasteiger charge is -2.36. The zero-order chi connectivity index (χ0) is 21.6. The van der Waals surface area contributed by atoms with Crippen molar-refractivity contribution in [3.8, 4) is 11.5 Å². The Bertz CT molecular complexity index is 1030. The van der Waals surface area contributed by atoms with Gasteiger partial charge in [0.1, 0.15) is 18.1 Å². The normalized spacial score (nSPS) is 13.7. The molecule has 3 aromatic rings. The van der Waals surface area contributed by atoms with Crippen LogP contribution in [-0.4, -0.2) is 44.1 Å². The Hall–Kier alpha value is -3.18. The second kappa shape index (κ2) is 9.75. The second-order valence-electron chi connectivity index (χ2n) is 7.39. The highest BCUT2D eigenvalue weighted by atomic mass is 35.5. The van der Waals surface area contributed by atoms with Crippen molar-refractivity contribution in [1.82, 2.24) is 4.90 Å². The SMILES string of the molecule is COc1ccc(N2CCN(C(=O)c3cccc(OCc4ccccc4Cl)c3)CC2)cc1. The Morgan fingerprint density at radius 3 is 2.35 bits per heavy atom. The number of piperazine rings is 1. The monoisotopic (exact) mass is 436 g/mol. The third kappa shape index (κ3) is 5.12. The predicted octanol–water partition coefficient (Wildman–Crippen LogP) is 4.89. The van der Waals surface area contributed by atoms with Crippen molar-refractivity contribution < 1.29 is 14.3 Å². The van der Waals surface area contributed by atoms with E-state index in [9.17, 15) is 4.79 Å². The van der Waals surface area contributed by atoms with E-state index in [0.29, 0.717) is 36.0 Å². The Labute approximate surface area is 187 Å². The van der Waals surface area contributed by atoms with Gasteiger partial charge in [-0.25, -0.2) is 0 Å². The quantitative estimate of drug-likeness (QED) is 0.551. The number of methoxy groups -OCH3 is 1. The molecule has 4 rings (SSSR count). The fraction of sp³-hybridized carbons (Fsp3) is 0.240. The van der Waals surface area contributed by atoms with Crippen LogP contribution >= 0.6 is 11.6 Å². The Kier molecular flexibility index (Phi) is 6.63. The molecule has 1 fully saturated rings. The second-order valence-corrected chi connectivity index (χ2v) is 7.79. The maximum absolute atomic E-state index is 13.0. The van der Waals surface area contributed by atoms with E-state index in [1.54, 1.807) is 13.2 Å². The van der Waals surface area contributed by atoms with Crippen LogP contribution in [0.5, 0.6) is 11.5 Å². The molecule has 0 aromatic heterocycles. The van der Waals surface area contributed by atoms with Gasteiger partial charge in [-0.15, -0.1) is 0 Å². The predicted molar refractivity (Wildman–Crippen MR) is 123 cm³/mol. The van der Waals surface area contributed by atoms with Crippen LogP contribution in [0.3, 0.4) is 0 Å². The zero-order valence-electron chi connectivity index (χ0n) is 17.5. The molecule has 0 N–H and O–H groups in total. The average molecular weight is 437 g/mol. The number of halogens is 1. The van der Waals surface area contributed by atoms with Crippen molar-refractivity contribution in [3.05, 3.63) is 88.9 Å². The van der Waals surface area contributed by atoms with Gasteiger partial charge in [0.2, 0.25) is 0 Å². The van der Waals surface area contributed by atoms with Crippen molar-refractivity contribution in [3.63, 3.8) is 0 Å². The Morgan fingerprint density at radius 1 is 0.903 bits per heavy atom. The van der Waals surface area contributed by atoms with Gasteiger partial charge in [0, 0.05) is 48.0 Å². The molecule has 1 heterocycles. The van der Waals surface area contributed by atoms with Gasteiger partial charge in [-0.2, -0.15) is 0 Å². The van der Waals surface area contributed by atoms with Crippen molar-refractivity contribution >= 4 is 23.2 Å². The van der Waals surface area contributed by atoms with E-state index in [4.69, 9.17) is 21.1 Å². The minimum atomic E-state index is 0.0255. The van der Waals surface area contributed by atoms with E-state index < -0.39 is 0 Å². The molecule has 0 saturated carbocycles. The number of nitrogens with zero attached hydrogens (tertiary/aromatic N) is 2. The number of ether oxygens (including phenoxy) is 2. The number of benzene rings is 3. The standard InChI is InChI=1S/C25H25ClN2O3/c1-30-22-11-9-21(10-12-22)27-13-15-28(16-14-27)25(29)19-6-4-7-23(17-19)31-18-20-5-2-3-8-24(20)26/h2-12,17H,13-16,18H2,1H3. The van der Waals surface area contributed by atoms with Gasteiger partial charge in [-0.1, -0.05) is 35.9 Å². The lowest BCUT2D eigenvalue weighted by molar-refractivity contribution is 0.0746. The van der Waals surface area contributed by atoms with E-state index in [1.165, 1.54) is 0 Å². The van der Waals surface area contributed by atoms with Crippen molar-refractivity contribution in [1.29, 1.82) is 0 Å². The summed E-state index contributed by atoms with van der Waals surface area (Å²) in [6, 6.07) is 22.9. The summed E-state index contributed by atoms with van der Waals surface area (Å²) >= 11 is 6.19. The number of carbonyl (C=O) groups is 1. The van der Waals surface area contributed by atoms with E-state index in [2.05, 4.69) is 17.0 Å². The average Bonchev–Trinajstić information content (AvgIpc) is 2.83. The fourth-order valence-corrected chi connectivity index (χ4v) is 3.83. The highest BCUT2D eigenvalue weighted by Crippen LogP contribution is 2.23. The van der Waals surface area contributed by atoms with Gasteiger partial charge in [-0.3, -0.25) is 4.79 Å². The van der Waals surface area contributed by atoms with Gasteiger partial charge in [0.15, 0.2) is 0 Å². The van der Waals surface area contributed by atoms with Crippen molar-refractivity contribution in [2.45, 2.75) is 6.61 Å². The molecule has 31 heavy (non-hydrogen) atoms. The van der Waals surface area contributed by atoms with Crippen LogP contribution in [-0.2, 0) is 6.61 Å². The fourth-order valence-electron chi connectivity index (χ4n) is 3.64. The highest BCUT2D eigenvalue weighted by molar-refractivity contribution is 6.31. The smallest absolute Gasteiger partial charge is 0.254 e. The largest absolute Gasteiger partial charge is 0.497 e. The van der Waals surface area contributed by atoms with Gasteiger partial charge < -0.3 is 19.3 Å². The number of rotatable bonds is 6. The number of amides is 1. The van der Waals surface area contributed by atoms with Gasteiger partial charge >= 0.3 is 0 Å². The third-order valence-electron chi connectivity index (χ3n) is 5.44. The lowest BCUT2D eigenvalue weighted by Crippen LogP contribution is -2.48. The molecule has 6 heteroatoms. The summed E-state index contributed by atoms with van der Waals surface area (Å²) in [4.78, 5) is 17.2. The molecular formula is C25H25ClN2O3. The summed E-state index contributed by atoms with van der Waals surface area (Å²) in [6.07, 6.45) is 0. The Morgan fingerprint density at radius 2 is 1.65 bits per heavy atom. The van der Waals surface area contributed by atoms with Crippen LogP contribution in [0.2, 0.25) is 5.02 Å². The molecule has 1 aliphatic heterocycles. The van der Waals surface area contributed by atoms with Crippen LogP contribution in [0.25, 0.3) is 0 Å². The summed E-state index contributed by atoms with van der Waals surface area (Å²) in [5.74, 6) is 1.52. The minimum absolute atomic E-state index is 0.0255. The number of hydrogen-bond donors (Lipinski definition) is 0. The van der Waals surface area contributed by atoms with Crippen molar-refractivity contribution in [2.24, 2.45) is 0 Å². The molecule has 0 atom stereocenters. The Balaban J connectivity index is 1.35. The number of carbonyl (C=O) groups excluding carboxylic acids is 1. The van der Waals surface area contributed by atoms with E-state index in [-0.39, 0.29) is 5.91 Å². The van der Waals surface area contributed by atoms with Gasteiger partial charge in [0.25, 0.3) is 5.91 Å². The lowest BCUT2D eigenvalue weighted by atomic mass is 10.1. The van der Waals surface area contributed by atoms with Crippen LogP contribution in [0, 0.1) is 0 Å². The molecule has 0 aliphatic carbocycles. The maximum atomic E-state index is 13.0. The first-order chi connectivity index (χ1) is 15.1. The molecule has 1 aliphatic rings. The third-order valence-corrected chi connectivity index (χ3v) is 5.81.